The summed E-state index contributed by atoms with van der Waals surface area (Å²) in [5, 5.41) is 16.0. The van der Waals surface area contributed by atoms with E-state index in [1.54, 1.807) is 0 Å². The average Bonchev–Trinajstić information content (AvgIpc) is 2.96. The number of piperazine rings is 1. The number of aromatic nitrogens is 1. The molecule has 0 unspecified atom stereocenters. The molecular formula is C20H25N3O. The normalized spacial score (nSPS) is 17.6. The number of nitrogens with zero attached hydrogens (tertiary/aromatic N) is 2. The smallest absolute Gasteiger partial charge is 0.0628 e. The maximum absolute atomic E-state index is 10.0. The van der Waals surface area contributed by atoms with E-state index in [0.29, 0.717) is 0 Å². The number of aliphatic hydroxyl groups excluding tert-OH is 1. The molecule has 1 atom stereocenters. The Kier molecular flexibility index (Phi) is 4.27. The summed E-state index contributed by atoms with van der Waals surface area (Å²) in [4.78, 5) is 2.39. The van der Waals surface area contributed by atoms with Crippen LogP contribution in [0.15, 0.2) is 42.5 Å². The topological polar surface area (TPSA) is 40.4 Å². The van der Waals surface area contributed by atoms with Crippen LogP contribution in [-0.4, -0.2) is 47.4 Å². The van der Waals surface area contributed by atoms with Crippen LogP contribution in [0.4, 0.5) is 0 Å². The maximum atomic E-state index is 10.0. The summed E-state index contributed by atoms with van der Waals surface area (Å²) in [5.74, 6) is 0. The molecule has 4 heteroatoms. The molecule has 1 saturated heterocycles. The van der Waals surface area contributed by atoms with Gasteiger partial charge in [0.15, 0.2) is 0 Å². The van der Waals surface area contributed by atoms with Crippen LogP contribution in [0.25, 0.3) is 21.8 Å². The van der Waals surface area contributed by atoms with Gasteiger partial charge < -0.3 is 15.0 Å². The quantitative estimate of drug-likeness (QED) is 0.776. The second-order valence-corrected chi connectivity index (χ2v) is 6.52. The van der Waals surface area contributed by atoms with Crippen LogP contribution in [0.3, 0.4) is 0 Å². The molecule has 2 N–H and O–H groups in total. The number of nitrogens with one attached hydrogen (secondary N) is 1. The fourth-order valence-electron chi connectivity index (χ4n) is 4.04. The fraction of sp³-hybridized carbons (Fsp3) is 0.400. The molecule has 4 nitrogen and oxygen atoms in total. The molecule has 0 radical (unpaired) electrons. The minimum Gasteiger partial charge on any atom is -0.394 e. The number of rotatable bonds is 4. The van der Waals surface area contributed by atoms with Crippen molar-refractivity contribution in [2.45, 2.75) is 19.5 Å². The van der Waals surface area contributed by atoms with Gasteiger partial charge in [0.1, 0.15) is 0 Å². The number of benzene rings is 2. The van der Waals surface area contributed by atoms with Gasteiger partial charge in [-0.1, -0.05) is 24.3 Å². The zero-order chi connectivity index (χ0) is 16.5. The predicted octanol–water partition coefficient (Wildman–Crippen LogP) is 2.75. The molecule has 4 rings (SSSR count). The number of aryl methyl sites for hydroxylation is 1. The Balaban J connectivity index is 1.83. The zero-order valence-electron chi connectivity index (χ0n) is 14.2. The van der Waals surface area contributed by atoms with Gasteiger partial charge in [0.25, 0.3) is 0 Å². The van der Waals surface area contributed by atoms with E-state index in [9.17, 15) is 5.11 Å². The van der Waals surface area contributed by atoms with Crippen molar-refractivity contribution in [2.24, 2.45) is 0 Å². The van der Waals surface area contributed by atoms with Gasteiger partial charge in [0.2, 0.25) is 0 Å². The van der Waals surface area contributed by atoms with Gasteiger partial charge in [0.05, 0.1) is 12.6 Å². The minimum atomic E-state index is 0.0836. The summed E-state index contributed by atoms with van der Waals surface area (Å²) in [6, 6.07) is 15.4. The Morgan fingerprint density at radius 2 is 1.79 bits per heavy atom. The lowest BCUT2D eigenvalue weighted by Gasteiger charge is -2.34. The first-order chi connectivity index (χ1) is 11.8. The van der Waals surface area contributed by atoms with Crippen LogP contribution in [-0.2, 0) is 6.54 Å². The van der Waals surface area contributed by atoms with Crippen LogP contribution in [0, 0.1) is 0 Å². The number of hydrogen-bond donors (Lipinski definition) is 2. The maximum Gasteiger partial charge on any atom is 0.0628 e. The van der Waals surface area contributed by atoms with Crippen molar-refractivity contribution in [2.75, 3.05) is 32.8 Å². The summed E-state index contributed by atoms with van der Waals surface area (Å²) in [7, 11) is 0. The van der Waals surface area contributed by atoms with Gasteiger partial charge in [-0.3, -0.25) is 4.90 Å². The first-order valence-electron chi connectivity index (χ1n) is 8.90. The second kappa shape index (κ2) is 6.55. The highest BCUT2D eigenvalue weighted by Gasteiger charge is 2.22. The van der Waals surface area contributed by atoms with E-state index in [1.165, 1.54) is 27.4 Å². The van der Waals surface area contributed by atoms with Gasteiger partial charge >= 0.3 is 0 Å². The van der Waals surface area contributed by atoms with E-state index in [2.05, 4.69) is 64.2 Å². The lowest BCUT2D eigenvalue weighted by atomic mass is 10.0. The van der Waals surface area contributed by atoms with E-state index in [-0.39, 0.29) is 12.6 Å². The van der Waals surface area contributed by atoms with Crippen molar-refractivity contribution in [1.29, 1.82) is 0 Å². The highest BCUT2D eigenvalue weighted by Crippen LogP contribution is 2.32. The SMILES string of the molecule is CCn1c2ccccc2c2cc([C@H](CO)N3CCNCC3)ccc21. The van der Waals surface area contributed by atoms with Crippen molar-refractivity contribution >= 4 is 21.8 Å². The fourth-order valence-corrected chi connectivity index (χ4v) is 4.04. The molecule has 1 aliphatic heterocycles. The first-order valence-corrected chi connectivity index (χ1v) is 8.90. The largest absolute Gasteiger partial charge is 0.394 e. The second-order valence-electron chi connectivity index (χ2n) is 6.52. The first kappa shape index (κ1) is 15.6. The highest BCUT2D eigenvalue weighted by atomic mass is 16.3. The molecule has 126 valence electrons. The third-order valence-electron chi connectivity index (χ3n) is 5.26. The lowest BCUT2D eigenvalue weighted by molar-refractivity contribution is 0.111. The summed E-state index contributed by atoms with van der Waals surface area (Å²) >= 11 is 0. The molecule has 0 aliphatic carbocycles. The molecule has 1 aliphatic rings. The third kappa shape index (κ3) is 2.51. The van der Waals surface area contributed by atoms with Crippen LogP contribution < -0.4 is 5.32 Å². The van der Waals surface area contributed by atoms with Gasteiger partial charge in [-0.25, -0.2) is 0 Å². The van der Waals surface area contributed by atoms with Gasteiger partial charge in [-0.2, -0.15) is 0 Å². The molecule has 0 saturated carbocycles. The minimum absolute atomic E-state index is 0.0836. The lowest BCUT2D eigenvalue weighted by Crippen LogP contribution is -2.46. The third-order valence-corrected chi connectivity index (χ3v) is 5.26. The van der Waals surface area contributed by atoms with Gasteiger partial charge in [0, 0.05) is 54.5 Å². The average molecular weight is 323 g/mol. The van der Waals surface area contributed by atoms with E-state index in [4.69, 9.17) is 0 Å². The van der Waals surface area contributed by atoms with Crippen molar-refractivity contribution in [3.05, 3.63) is 48.0 Å². The molecule has 2 heterocycles. The Morgan fingerprint density at radius 3 is 2.54 bits per heavy atom. The van der Waals surface area contributed by atoms with Crippen molar-refractivity contribution in [3.8, 4) is 0 Å². The zero-order valence-corrected chi connectivity index (χ0v) is 14.2. The molecular weight excluding hydrogens is 298 g/mol. The summed E-state index contributed by atoms with van der Waals surface area (Å²) in [6.07, 6.45) is 0. The van der Waals surface area contributed by atoms with Crippen LogP contribution in [0.2, 0.25) is 0 Å². The van der Waals surface area contributed by atoms with Crippen LogP contribution >= 0.6 is 0 Å². The van der Waals surface area contributed by atoms with E-state index >= 15 is 0 Å². The summed E-state index contributed by atoms with van der Waals surface area (Å²) in [6.45, 7) is 7.28. The Hall–Kier alpha value is -1.88. The molecule has 0 bridgehead atoms. The predicted molar refractivity (Wildman–Crippen MR) is 99.4 cm³/mol. The van der Waals surface area contributed by atoms with Crippen molar-refractivity contribution in [3.63, 3.8) is 0 Å². The van der Waals surface area contributed by atoms with Gasteiger partial charge in [-0.15, -0.1) is 0 Å². The van der Waals surface area contributed by atoms with E-state index in [0.717, 1.165) is 32.7 Å². The van der Waals surface area contributed by atoms with Crippen LogP contribution in [0.1, 0.15) is 18.5 Å². The van der Waals surface area contributed by atoms with Crippen molar-refractivity contribution in [1.82, 2.24) is 14.8 Å². The molecule has 1 aromatic heterocycles. The molecule has 3 aromatic rings. The van der Waals surface area contributed by atoms with E-state index in [1.807, 2.05) is 0 Å². The van der Waals surface area contributed by atoms with Crippen LogP contribution in [0.5, 0.6) is 0 Å². The summed E-state index contributed by atoms with van der Waals surface area (Å²) < 4.78 is 2.37. The monoisotopic (exact) mass is 323 g/mol. The molecule has 0 amide bonds. The number of hydrogen-bond acceptors (Lipinski definition) is 3. The molecule has 0 spiro atoms. The standard InChI is InChI=1S/C20H25N3O/c1-2-23-18-6-4-3-5-16(18)17-13-15(7-8-19(17)23)20(14-24)22-11-9-21-10-12-22/h3-8,13,20-21,24H,2,9-12,14H2,1H3/t20-/m0/s1. The number of aliphatic hydroxyl groups is 1. The Labute approximate surface area is 142 Å². The Bertz CT molecular complexity index is 849. The van der Waals surface area contributed by atoms with Crippen molar-refractivity contribution < 1.29 is 5.11 Å². The highest BCUT2D eigenvalue weighted by molar-refractivity contribution is 6.08. The molecule has 1 fully saturated rings. The number of para-hydroxylation sites is 1. The summed E-state index contributed by atoms with van der Waals surface area (Å²) in [5.41, 5.74) is 3.78. The molecule has 24 heavy (non-hydrogen) atoms. The van der Waals surface area contributed by atoms with E-state index < -0.39 is 0 Å². The Morgan fingerprint density at radius 1 is 1.04 bits per heavy atom. The number of fused-ring (bicyclic) bond motifs is 3. The van der Waals surface area contributed by atoms with Gasteiger partial charge in [-0.05, 0) is 30.7 Å². The molecule has 2 aromatic carbocycles.